The molecule has 0 saturated carbocycles. The van der Waals surface area contributed by atoms with Crippen LogP contribution < -0.4 is 10.6 Å². The van der Waals surface area contributed by atoms with Crippen LogP contribution in [-0.2, 0) is 4.79 Å². The van der Waals surface area contributed by atoms with Crippen LogP contribution in [-0.4, -0.2) is 11.9 Å². The van der Waals surface area contributed by atoms with Crippen molar-refractivity contribution in [3.8, 4) is 0 Å². The van der Waals surface area contributed by atoms with Gasteiger partial charge in [0, 0.05) is 6.04 Å². The van der Waals surface area contributed by atoms with Gasteiger partial charge < -0.3 is 10.6 Å². The van der Waals surface area contributed by atoms with E-state index in [9.17, 15) is 4.79 Å². The van der Waals surface area contributed by atoms with Crippen molar-refractivity contribution in [1.29, 1.82) is 0 Å². The molecule has 1 aromatic carbocycles. The molecule has 1 amide bonds. The molecule has 0 atom stereocenters. The van der Waals surface area contributed by atoms with Gasteiger partial charge >= 0.3 is 0 Å². The molecule has 3 nitrogen and oxygen atoms in total. The van der Waals surface area contributed by atoms with Gasteiger partial charge in [0.25, 0.3) is 0 Å². The maximum absolute atomic E-state index is 11.3. The van der Waals surface area contributed by atoms with Gasteiger partial charge in [0.1, 0.15) is 0 Å². The van der Waals surface area contributed by atoms with Gasteiger partial charge in [-0.05, 0) is 44.5 Å². The predicted octanol–water partition coefficient (Wildman–Crippen LogP) is 2.94. The third-order valence-corrected chi connectivity index (χ3v) is 2.06. The number of aryl methyl sites for hydroxylation is 1. The number of benzene rings is 1. The third kappa shape index (κ3) is 3.42. The van der Waals surface area contributed by atoms with Crippen LogP contribution in [0.1, 0.15) is 19.4 Å². The van der Waals surface area contributed by atoms with Crippen molar-refractivity contribution in [1.82, 2.24) is 0 Å². The average molecular weight is 218 g/mol. The lowest BCUT2D eigenvalue weighted by Crippen LogP contribution is -2.14. The van der Waals surface area contributed by atoms with Crippen LogP contribution in [0, 0.1) is 6.92 Å². The SMILES string of the molecule is C=CC(=O)Nc1cc(C)ccc1NC(C)C. The second kappa shape index (κ2) is 5.35. The zero-order chi connectivity index (χ0) is 12.1. The summed E-state index contributed by atoms with van der Waals surface area (Å²) >= 11 is 0. The van der Waals surface area contributed by atoms with E-state index >= 15 is 0 Å². The Bertz CT molecular complexity index is 397. The summed E-state index contributed by atoms with van der Waals surface area (Å²) in [5, 5.41) is 6.07. The molecule has 2 N–H and O–H groups in total. The Kier molecular flexibility index (Phi) is 4.11. The molecule has 0 radical (unpaired) electrons. The first-order valence-electron chi connectivity index (χ1n) is 5.33. The van der Waals surface area contributed by atoms with Crippen molar-refractivity contribution in [2.75, 3.05) is 10.6 Å². The minimum Gasteiger partial charge on any atom is -0.381 e. The van der Waals surface area contributed by atoms with Crippen molar-refractivity contribution >= 4 is 17.3 Å². The summed E-state index contributed by atoms with van der Waals surface area (Å²) in [6.45, 7) is 9.54. The molecule has 0 fully saturated rings. The monoisotopic (exact) mass is 218 g/mol. The lowest BCUT2D eigenvalue weighted by atomic mass is 10.1. The van der Waals surface area contributed by atoms with Gasteiger partial charge in [-0.15, -0.1) is 0 Å². The fourth-order valence-electron chi connectivity index (χ4n) is 1.38. The molecule has 0 bridgehead atoms. The first-order chi connectivity index (χ1) is 7.52. The minimum absolute atomic E-state index is 0.197. The van der Waals surface area contributed by atoms with Gasteiger partial charge in [0.15, 0.2) is 0 Å². The maximum atomic E-state index is 11.3. The quantitative estimate of drug-likeness (QED) is 0.763. The first kappa shape index (κ1) is 12.3. The molecule has 0 aliphatic carbocycles. The number of carbonyl (C=O) groups is 1. The number of nitrogens with one attached hydrogen (secondary N) is 2. The Labute approximate surface area is 96.6 Å². The van der Waals surface area contributed by atoms with E-state index in [2.05, 4.69) is 31.1 Å². The highest BCUT2D eigenvalue weighted by Gasteiger charge is 2.05. The molecule has 0 heterocycles. The molecule has 3 heteroatoms. The summed E-state index contributed by atoms with van der Waals surface area (Å²) in [7, 11) is 0. The van der Waals surface area contributed by atoms with Gasteiger partial charge in [-0.3, -0.25) is 4.79 Å². The van der Waals surface area contributed by atoms with E-state index in [-0.39, 0.29) is 5.91 Å². The normalized spacial score (nSPS) is 10.0. The molecule has 0 aromatic heterocycles. The van der Waals surface area contributed by atoms with E-state index in [0.717, 1.165) is 16.9 Å². The van der Waals surface area contributed by atoms with Crippen molar-refractivity contribution in [2.24, 2.45) is 0 Å². The summed E-state index contributed by atoms with van der Waals surface area (Å²) < 4.78 is 0. The molecular weight excluding hydrogens is 200 g/mol. The van der Waals surface area contributed by atoms with Crippen LogP contribution in [0.3, 0.4) is 0 Å². The van der Waals surface area contributed by atoms with Crippen LogP contribution in [0.5, 0.6) is 0 Å². The molecule has 0 saturated heterocycles. The molecule has 0 spiro atoms. The highest BCUT2D eigenvalue weighted by Crippen LogP contribution is 2.23. The Morgan fingerprint density at radius 2 is 2.06 bits per heavy atom. The predicted molar refractivity (Wildman–Crippen MR) is 68.8 cm³/mol. The summed E-state index contributed by atoms with van der Waals surface area (Å²) in [4.78, 5) is 11.3. The number of hydrogen-bond donors (Lipinski definition) is 2. The van der Waals surface area contributed by atoms with Crippen LogP contribution in [0.25, 0.3) is 0 Å². The van der Waals surface area contributed by atoms with Crippen LogP contribution >= 0.6 is 0 Å². The molecule has 86 valence electrons. The van der Waals surface area contributed by atoms with E-state index < -0.39 is 0 Å². The average Bonchev–Trinajstić information content (AvgIpc) is 2.21. The van der Waals surface area contributed by atoms with Crippen LogP contribution in [0.15, 0.2) is 30.9 Å². The Balaban J connectivity index is 2.97. The molecular formula is C13H18N2O. The van der Waals surface area contributed by atoms with Gasteiger partial charge in [-0.1, -0.05) is 12.6 Å². The number of carbonyl (C=O) groups excluding carboxylic acids is 1. The number of rotatable bonds is 4. The molecule has 0 unspecified atom stereocenters. The van der Waals surface area contributed by atoms with Crippen molar-refractivity contribution < 1.29 is 4.79 Å². The summed E-state index contributed by atoms with van der Waals surface area (Å²) in [5.74, 6) is -0.197. The highest BCUT2D eigenvalue weighted by molar-refractivity contribution is 6.01. The Hall–Kier alpha value is -1.77. The smallest absolute Gasteiger partial charge is 0.247 e. The van der Waals surface area contributed by atoms with Gasteiger partial charge in [0.05, 0.1) is 11.4 Å². The lowest BCUT2D eigenvalue weighted by Gasteiger charge is -2.15. The standard InChI is InChI=1S/C13H18N2O/c1-5-13(16)15-12-8-10(4)6-7-11(12)14-9(2)3/h5-9,14H,1H2,2-4H3,(H,15,16). The van der Waals surface area contributed by atoms with Crippen molar-refractivity contribution in [2.45, 2.75) is 26.8 Å². The molecule has 0 aliphatic heterocycles. The summed E-state index contributed by atoms with van der Waals surface area (Å²) in [6, 6.07) is 6.23. The van der Waals surface area contributed by atoms with Gasteiger partial charge in [0.2, 0.25) is 5.91 Å². The van der Waals surface area contributed by atoms with Gasteiger partial charge in [-0.25, -0.2) is 0 Å². The number of hydrogen-bond acceptors (Lipinski definition) is 2. The molecule has 1 rings (SSSR count). The van der Waals surface area contributed by atoms with Crippen molar-refractivity contribution in [3.63, 3.8) is 0 Å². The highest BCUT2D eigenvalue weighted by atomic mass is 16.1. The first-order valence-corrected chi connectivity index (χ1v) is 5.33. The topological polar surface area (TPSA) is 41.1 Å². The fraction of sp³-hybridized carbons (Fsp3) is 0.308. The molecule has 1 aromatic rings. The van der Waals surface area contributed by atoms with E-state index in [4.69, 9.17) is 0 Å². The van der Waals surface area contributed by atoms with Crippen LogP contribution in [0.2, 0.25) is 0 Å². The third-order valence-electron chi connectivity index (χ3n) is 2.06. The number of anilines is 2. The Morgan fingerprint density at radius 3 is 2.62 bits per heavy atom. The van der Waals surface area contributed by atoms with E-state index in [1.54, 1.807) is 0 Å². The fourth-order valence-corrected chi connectivity index (χ4v) is 1.38. The van der Waals surface area contributed by atoms with Crippen molar-refractivity contribution in [3.05, 3.63) is 36.4 Å². The van der Waals surface area contributed by atoms with E-state index in [1.165, 1.54) is 6.08 Å². The Morgan fingerprint density at radius 1 is 1.38 bits per heavy atom. The molecule has 0 aliphatic rings. The molecule has 16 heavy (non-hydrogen) atoms. The van der Waals surface area contributed by atoms with Gasteiger partial charge in [-0.2, -0.15) is 0 Å². The zero-order valence-corrected chi connectivity index (χ0v) is 10.0. The summed E-state index contributed by atoms with van der Waals surface area (Å²) in [6.07, 6.45) is 1.27. The maximum Gasteiger partial charge on any atom is 0.247 e. The second-order valence-corrected chi connectivity index (χ2v) is 4.04. The van der Waals surface area contributed by atoms with Crippen LogP contribution in [0.4, 0.5) is 11.4 Å². The lowest BCUT2D eigenvalue weighted by molar-refractivity contribution is -0.111. The zero-order valence-electron chi connectivity index (χ0n) is 10.0. The summed E-state index contributed by atoms with van der Waals surface area (Å²) in [5.41, 5.74) is 2.82. The van der Waals surface area contributed by atoms with E-state index in [1.807, 2.05) is 25.1 Å². The number of amides is 1. The minimum atomic E-state index is -0.197. The second-order valence-electron chi connectivity index (χ2n) is 4.04. The van der Waals surface area contributed by atoms with E-state index in [0.29, 0.717) is 6.04 Å². The largest absolute Gasteiger partial charge is 0.381 e.